The van der Waals surface area contributed by atoms with E-state index in [-0.39, 0.29) is 39.5 Å². The van der Waals surface area contributed by atoms with Crippen LogP contribution < -0.4 is 16.2 Å². The topological polar surface area (TPSA) is 108 Å². The smallest absolute Gasteiger partial charge is 0.270 e. The minimum atomic E-state index is -1.73. The number of phenolic OH excluding ortho intramolecular Hbond substituents is 1. The minimum absolute atomic E-state index is 0.0111. The van der Waals surface area contributed by atoms with E-state index in [2.05, 4.69) is 39.9 Å². The Bertz CT molecular complexity index is 1490. The Balaban J connectivity index is 1.31. The molecule has 3 N–H and O–H groups in total. The fraction of sp³-hybridized carbons (Fsp3) is 0.321. The first-order valence-electron chi connectivity index (χ1n) is 11.9. The van der Waals surface area contributed by atoms with Crippen molar-refractivity contribution in [3.63, 3.8) is 0 Å². The van der Waals surface area contributed by atoms with E-state index in [4.69, 9.17) is 11.0 Å². The largest absolute Gasteiger partial charge is 0.507 e. The number of halogens is 1. The lowest BCUT2D eigenvalue weighted by molar-refractivity contribution is 0.186. The predicted octanol–water partition coefficient (Wildman–Crippen LogP) is 3.26. The maximum Gasteiger partial charge on any atom is 0.270 e. The molecule has 1 unspecified atom stereocenters. The number of alkyl halides is 1. The van der Waals surface area contributed by atoms with Gasteiger partial charge in [0.1, 0.15) is 17.4 Å². The standard InChI is InChI=1S/C28H26FN5O2/c1-33-26(36)21(8-9-23(29)18-6-7-20(16-30)24(35)14-18)17-32-27(33)34-12-10-28(11-13-34)15-19-4-2-3-5-22(19)25(28)31/h2-7,14,17,23,25,35H,10-13,15,31H2,1H3/t23?,25-/m1/s1. The molecule has 182 valence electrons. The maximum atomic E-state index is 14.6. The van der Waals surface area contributed by atoms with Crippen LogP contribution in [0.15, 0.2) is 53.5 Å². The van der Waals surface area contributed by atoms with Crippen molar-refractivity contribution in [3.8, 4) is 23.7 Å². The van der Waals surface area contributed by atoms with Crippen LogP contribution in [0.2, 0.25) is 0 Å². The lowest BCUT2D eigenvalue weighted by Crippen LogP contribution is -2.46. The number of aromatic nitrogens is 2. The molecule has 0 amide bonds. The molecule has 3 aromatic rings. The number of phenols is 1. The van der Waals surface area contributed by atoms with Gasteiger partial charge in [0.15, 0.2) is 6.17 Å². The van der Waals surface area contributed by atoms with Crippen LogP contribution in [0, 0.1) is 28.6 Å². The lowest BCUT2D eigenvalue weighted by Gasteiger charge is -2.42. The zero-order valence-electron chi connectivity index (χ0n) is 19.9. The predicted molar refractivity (Wildman–Crippen MR) is 134 cm³/mol. The Labute approximate surface area is 208 Å². The zero-order chi connectivity index (χ0) is 25.4. The van der Waals surface area contributed by atoms with Gasteiger partial charge >= 0.3 is 0 Å². The number of hydrogen-bond donors (Lipinski definition) is 2. The Morgan fingerprint density at radius 1 is 1.22 bits per heavy atom. The first-order valence-corrected chi connectivity index (χ1v) is 11.9. The number of benzene rings is 2. The highest BCUT2D eigenvalue weighted by Gasteiger charge is 2.46. The molecule has 36 heavy (non-hydrogen) atoms. The van der Waals surface area contributed by atoms with Crippen molar-refractivity contribution in [2.24, 2.45) is 18.2 Å². The van der Waals surface area contributed by atoms with Gasteiger partial charge in [0.05, 0.1) is 11.8 Å². The molecule has 5 rings (SSSR count). The van der Waals surface area contributed by atoms with E-state index in [0.717, 1.165) is 38.4 Å². The molecule has 0 saturated carbocycles. The molecule has 1 fully saturated rings. The van der Waals surface area contributed by atoms with Crippen molar-refractivity contribution in [1.82, 2.24) is 9.55 Å². The average molecular weight is 484 g/mol. The molecule has 2 aliphatic rings. The molecule has 2 aromatic carbocycles. The van der Waals surface area contributed by atoms with Gasteiger partial charge in [-0.05, 0) is 47.9 Å². The molecule has 1 saturated heterocycles. The van der Waals surface area contributed by atoms with Gasteiger partial charge in [-0.3, -0.25) is 9.36 Å². The summed E-state index contributed by atoms with van der Waals surface area (Å²) in [6.45, 7) is 1.48. The number of hydrogen-bond acceptors (Lipinski definition) is 6. The highest BCUT2D eigenvalue weighted by Crippen LogP contribution is 2.50. The van der Waals surface area contributed by atoms with E-state index in [1.807, 2.05) is 12.1 Å². The summed E-state index contributed by atoms with van der Waals surface area (Å²) in [5.74, 6) is 5.23. The SMILES string of the molecule is Cn1c(N2CCC3(CC2)Cc2ccccc2[C@H]3N)ncc(C#CC(F)c2ccc(C#N)c(O)c2)c1=O. The summed E-state index contributed by atoms with van der Waals surface area (Å²) in [5, 5.41) is 18.7. The van der Waals surface area contributed by atoms with Crippen LogP contribution in [0.3, 0.4) is 0 Å². The number of anilines is 1. The quantitative estimate of drug-likeness (QED) is 0.542. The number of fused-ring (bicyclic) bond motifs is 1. The van der Waals surface area contributed by atoms with Crippen molar-refractivity contribution < 1.29 is 9.50 Å². The Morgan fingerprint density at radius 3 is 2.67 bits per heavy atom. The van der Waals surface area contributed by atoms with E-state index < -0.39 is 6.17 Å². The van der Waals surface area contributed by atoms with Gasteiger partial charge in [-0.1, -0.05) is 42.2 Å². The van der Waals surface area contributed by atoms with E-state index in [0.29, 0.717) is 5.95 Å². The Kier molecular flexibility index (Phi) is 5.99. The third-order valence-corrected chi connectivity index (χ3v) is 7.55. The molecule has 1 aromatic heterocycles. The summed E-state index contributed by atoms with van der Waals surface area (Å²) in [6.07, 6.45) is 2.43. The molecule has 1 spiro atoms. The summed E-state index contributed by atoms with van der Waals surface area (Å²) in [5.41, 5.74) is 9.16. The third-order valence-electron chi connectivity index (χ3n) is 7.55. The number of aromatic hydroxyl groups is 1. The van der Waals surface area contributed by atoms with Gasteiger partial charge in [-0.2, -0.15) is 5.26 Å². The first kappa shape index (κ1) is 23.6. The molecule has 1 aliphatic carbocycles. The van der Waals surface area contributed by atoms with Gasteiger partial charge in [-0.25, -0.2) is 9.37 Å². The van der Waals surface area contributed by atoms with Crippen LogP contribution in [-0.2, 0) is 13.5 Å². The molecule has 8 heteroatoms. The van der Waals surface area contributed by atoms with Crippen LogP contribution in [0.25, 0.3) is 0 Å². The summed E-state index contributed by atoms with van der Waals surface area (Å²) in [4.78, 5) is 19.5. The van der Waals surface area contributed by atoms with Crippen LogP contribution in [0.1, 0.15) is 52.9 Å². The first-order chi connectivity index (χ1) is 17.3. The molecular weight excluding hydrogens is 457 g/mol. The highest BCUT2D eigenvalue weighted by molar-refractivity contribution is 5.47. The van der Waals surface area contributed by atoms with Crippen molar-refractivity contribution in [1.29, 1.82) is 5.26 Å². The van der Waals surface area contributed by atoms with E-state index in [9.17, 15) is 14.3 Å². The molecule has 7 nitrogen and oxygen atoms in total. The summed E-state index contributed by atoms with van der Waals surface area (Å²) in [7, 11) is 1.64. The van der Waals surface area contributed by atoms with Crippen molar-refractivity contribution in [2.45, 2.75) is 31.5 Å². The van der Waals surface area contributed by atoms with E-state index >= 15 is 0 Å². The highest BCUT2D eigenvalue weighted by atomic mass is 19.1. The van der Waals surface area contributed by atoms with Gasteiger partial charge < -0.3 is 15.7 Å². The molecule has 0 radical (unpaired) electrons. The van der Waals surface area contributed by atoms with Gasteiger partial charge in [-0.15, -0.1) is 0 Å². The van der Waals surface area contributed by atoms with E-state index in [1.54, 1.807) is 7.05 Å². The fourth-order valence-corrected chi connectivity index (χ4v) is 5.40. The zero-order valence-corrected chi connectivity index (χ0v) is 19.9. The van der Waals surface area contributed by atoms with Crippen molar-refractivity contribution in [2.75, 3.05) is 18.0 Å². The Hall–Kier alpha value is -4.14. The van der Waals surface area contributed by atoms with Crippen LogP contribution in [0.4, 0.5) is 10.3 Å². The van der Waals surface area contributed by atoms with Crippen molar-refractivity contribution in [3.05, 3.63) is 86.8 Å². The monoisotopic (exact) mass is 483 g/mol. The molecule has 2 heterocycles. The van der Waals surface area contributed by atoms with Gasteiger partial charge in [0, 0.05) is 31.7 Å². The molecule has 0 bridgehead atoms. The second kappa shape index (κ2) is 9.14. The summed E-state index contributed by atoms with van der Waals surface area (Å²) < 4.78 is 16.0. The molecule has 1 aliphatic heterocycles. The van der Waals surface area contributed by atoms with E-state index in [1.165, 1.54) is 34.0 Å². The number of piperidine rings is 1. The number of rotatable bonds is 2. The Morgan fingerprint density at radius 2 is 1.97 bits per heavy atom. The van der Waals surface area contributed by atoms with Crippen LogP contribution in [-0.4, -0.2) is 27.7 Å². The van der Waals surface area contributed by atoms with Crippen LogP contribution >= 0.6 is 0 Å². The second-order valence-corrected chi connectivity index (χ2v) is 9.56. The number of nitriles is 1. The molecular formula is C28H26FN5O2. The fourth-order valence-electron chi connectivity index (χ4n) is 5.40. The van der Waals surface area contributed by atoms with Gasteiger partial charge in [0.2, 0.25) is 5.95 Å². The lowest BCUT2D eigenvalue weighted by atomic mass is 9.73. The average Bonchev–Trinajstić information content (AvgIpc) is 3.16. The molecule has 2 atom stereocenters. The number of nitrogens with zero attached hydrogens (tertiary/aromatic N) is 4. The second-order valence-electron chi connectivity index (χ2n) is 9.56. The number of nitrogens with two attached hydrogens (primary N) is 1. The van der Waals surface area contributed by atoms with Crippen molar-refractivity contribution >= 4 is 5.95 Å². The maximum absolute atomic E-state index is 14.6. The normalized spacial score (nSPS) is 18.7. The third kappa shape index (κ3) is 4.00. The van der Waals surface area contributed by atoms with Crippen LogP contribution in [0.5, 0.6) is 5.75 Å². The summed E-state index contributed by atoms with van der Waals surface area (Å²) >= 11 is 0. The summed E-state index contributed by atoms with van der Waals surface area (Å²) in [6, 6.07) is 14.1. The minimum Gasteiger partial charge on any atom is -0.507 e. The van der Waals surface area contributed by atoms with Gasteiger partial charge in [0.25, 0.3) is 5.56 Å².